The minimum atomic E-state index is -0.427. The van der Waals surface area contributed by atoms with Gasteiger partial charge in [0.2, 0.25) is 0 Å². The molecule has 2 heterocycles. The number of pyridine rings is 1. The number of nitrogens with one attached hydrogen (secondary N) is 1. The van der Waals surface area contributed by atoms with E-state index in [0.717, 1.165) is 16.9 Å². The smallest absolute Gasteiger partial charge is 0.266 e. The zero-order valence-electron chi connectivity index (χ0n) is 8.63. The molecule has 0 saturated carbocycles. The van der Waals surface area contributed by atoms with Crippen molar-refractivity contribution >= 4 is 23.5 Å². The van der Waals surface area contributed by atoms with Crippen molar-refractivity contribution in [1.82, 2.24) is 10.4 Å². The minimum Gasteiger partial charge on any atom is -0.266 e. The molecule has 0 saturated heterocycles. The molecular formula is C11H8FN3OS. The Morgan fingerprint density at radius 2 is 2.12 bits per heavy atom. The van der Waals surface area contributed by atoms with Crippen molar-refractivity contribution in [1.29, 1.82) is 0 Å². The van der Waals surface area contributed by atoms with E-state index in [4.69, 9.17) is 0 Å². The highest BCUT2D eigenvalue weighted by molar-refractivity contribution is 7.12. The highest BCUT2D eigenvalue weighted by atomic mass is 32.1. The van der Waals surface area contributed by atoms with Gasteiger partial charge in [-0.1, -0.05) is 0 Å². The zero-order valence-corrected chi connectivity index (χ0v) is 9.45. The average Bonchev–Trinajstić information content (AvgIpc) is 2.77. The van der Waals surface area contributed by atoms with Gasteiger partial charge < -0.3 is 0 Å². The highest BCUT2D eigenvalue weighted by Crippen LogP contribution is 2.13. The Bertz CT molecular complexity index is 539. The number of carbonyl (C=O) groups is 1. The van der Waals surface area contributed by atoms with E-state index in [1.54, 1.807) is 24.5 Å². The maximum atomic E-state index is 12.7. The van der Waals surface area contributed by atoms with Crippen LogP contribution in [0.2, 0.25) is 0 Å². The Hall–Kier alpha value is -2.08. The van der Waals surface area contributed by atoms with Crippen molar-refractivity contribution in [3.8, 4) is 0 Å². The lowest BCUT2D eigenvalue weighted by molar-refractivity contribution is 0.0959. The summed E-state index contributed by atoms with van der Waals surface area (Å²) in [4.78, 5) is 15.6. The molecule has 0 aromatic carbocycles. The molecule has 6 heteroatoms. The molecule has 0 aliphatic rings. The summed E-state index contributed by atoms with van der Waals surface area (Å²) in [6.07, 6.45) is 4.74. The molecule has 2 rings (SSSR count). The largest absolute Gasteiger partial charge is 0.281 e. The number of hydrogen-bond donors (Lipinski definition) is 1. The first-order valence-electron chi connectivity index (χ1n) is 4.74. The number of nitrogens with zero attached hydrogens (tertiary/aromatic N) is 2. The van der Waals surface area contributed by atoms with Crippen LogP contribution in [0.15, 0.2) is 41.8 Å². The summed E-state index contributed by atoms with van der Waals surface area (Å²) in [5.41, 5.74) is 3.13. The van der Waals surface area contributed by atoms with E-state index < -0.39 is 11.0 Å². The van der Waals surface area contributed by atoms with Crippen LogP contribution in [0.25, 0.3) is 0 Å². The molecule has 0 aliphatic heterocycles. The lowest BCUT2D eigenvalue weighted by atomic mass is 10.3. The van der Waals surface area contributed by atoms with Crippen LogP contribution in [0.4, 0.5) is 4.39 Å². The summed E-state index contributed by atoms with van der Waals surface area (Å²) in [6.45, 7) is 0. The minimum absolute atomic E-state index is 0.286. The predicted molar refractivity (Wildman–Crippen MR) is 63.6 cm³/mol. The van der Waals surface area contributed by atoms with Crippen LogP contribution in [0, 0.1) is 5.13 Å². The Morgan fingerprint density at radius 3 is 2.76 bits per heavy atom. The van der Waals surface area contributed by atoms with Crippen molar-refractivity contribution < 1.29 is 9.18 Å². The van der Waals surface area contributed by atoms with E-state index in [1.165, 1.54) is 18.3 Å². The third-order valence-corrected chi connectivity index (χ3v) is 2.76. The summed E-state index contributed by atoms with van der Waals surface area (Å²) < 4.78 is 12.7. The van der Waals surface area contributed by atoms with Gasteiger partial charge in [-0.25, -0.2) is 5.43 Å². The molecule has 1 N–H and O–H groups in total. The summed E-state index contributed by atoms with van der Waals surface area (Å²) >= 11 is 0.779. The summed E-state index contributed by atoms with van der Waals surface area (Å²) in [5.74, 6) is -0.427. The van der Waals surface area contributed by atoms with E-state index in [1.807, 2.05) is 0 Å². The molecule has 4 nitrogen and oxygen atoms in total. The van der Waals surface area contributed by atoms with Gasteiger partial charge in [0.25, 0.3) is 5.91 Å². The van der Waals surface area contributed by atoms with Gasteiger partial charge in [-0.3, -0.25) is 9.78 Å². The van der Waals surface area contributed by atoms with Crippen LogP contribution >= 0.6 is 11.3 Å². The lowest BCUT2D eigenvalue weighted by Gasteiger charge is -1.95. The molecule has 0 bridgehead atoms. The lowest BCUT2D eigenvalue weighted by Crippen LogP contribution is -2.16. The second-order valence-electron chi connectivity index (χ2n) is 3.08. The summed E-state index contributed by atoms with van der Waals surface area (Å²) in [6, 6.07) is 6.16. The fourth-order valence-electron chi connectivity index (χ4n) is 1.11. The van der Waals surface area contributed by atoms with Crippen LogP contribution in [0.1, 0.15) is 15.2 Å². The molecule has 2 aromatic heterocycles. The standard InChI is InChI=1S/C11H8FN3OS/c12-10-2-1-9(17-10)11(16)15-14-7-8-3-5-13-6-4-8/h1-7H,(H,15,16)/b14-7+. The second kappa shape index (κ2) is 5.31. The molecule has 0 spiro atoms. The molecule has 2 aromatic rings. The molecule has 17 heavy (non-hydrogen) atoms. The highest BCUT2D eigenvalue weighted by Gasteiger charge is 2.07. The Balaban J connectivity index is 1.95. The van der Waals surface area contributed by atoms with E-state index in [9.17, 15) is 9.18 Å². The quantitative estimate of drug-likeness (QED) is 0.668. The van der Waals surface area contributed by atoms with Crippen molar-refractivity contribution in [3.63, 3.8) is 0 Å². The number of thiophene rings is 1. The number of hydrogen-bond acceptors (Lipinski definition) is 4. The monoisotopic (exact) mass is 249 g/mol. The van der Waals surface area contributed by atoms with Gasteiger partial charge in [0, 0.05) is 12.4 Å². The van der Waals surface area contributed by atoms with Gasteiger partial charge in [-0.2, -0.15) is 9.49 Å². The molecule has 0 aliphatic carbocycles. The third-order valence-electron chi connectivity index (χ3n) is 1.88. The van der Waals surface area contributed by atoms with Crippen LogP contribution < -0.4 is 5.43 Å². The van der Waals surface area contributed by atoms with Crippen LogP contribution in [-0.2, 0) is 0 Å². The van der Waals surface area contributed by atoms with Crippen molar-refractivity contribution in [2.45, 2.75) is 0 Å². The average molecular weight is 249 g/mol. The van der Waals surface area contributed by atoms with Gasteiger partial charge >= 0.3 is 0 Å². The SMILES string of the molecule is O=C(N/N=C/c1ccncc1)c1ccc(F)s1. The zero-order chi connectivity index (χ0) is 12.1. The van der Waals surface area contributed by atoms with Gasteiger partial charge in [-0.15, -0.1) is 11.3 Å². The normalized spacial score (nSPS) is 10.6. The maximum Gasteiger partial charge on any atom is 0.281 e. The van der Waals surface area contributed by atoms with Gasteiger partial charge in [-0.05, 0) is 29.8 Å². The van der Waals surface area contributed by atoms with E-state index >= 15 is 0 Å². The van der Waals surface area contributed by atoms with Crippen LogP contribution in [-0.4, -0.2) is 17.1 Å². The predicted octanol–water partition coefficient (Wildman–Crippen LogP) is 2.05. The topological polar surface area (TPSA) is 54.4 Å². The fourth-order valence-corrected chi connectivity index (χ4v) is 1.73. The molecule has 86 valence electrons. The number of halogens is 1. The number of hydrazone groups is 1. The summed E-state index contributed by atoms with van der Waals surface area (Å²) in [5, 5.41) is 3.36. The molecule has 0 atom stereocenters. The van der Waals surface area contributed by atoms with Crippen LogP contribution in [0.3, 0.4) is 0 Å². The Kier molecular flexibility index (Phi) is 3.56. The second-order valence-corrected chi connectivity index (χ2v) is 4.12. The first-order valence-corrected chi connectivity index (χ1v) is 5.56. The van der Waals surface area contributed by atoms with Gasteiger partial charge in [0.05, 0.1) is 11.1 Å². The number of carbonyl (C=O) groups excluding carboxylic acids is 1. The van der Waals surface area contributed by atoms with Crippen molar-refractivity contribution in [2.75, 3.05) is 0 Å². The van der Waals surface area contributed by atoms with Gasteiger partial charge in [0.15, 0.2) is 5.13 Å². The number of aromatic nitrogens is 1. The number of amides is 1. The molecular weight excluding hydrogens is 241 g/mol. The molecule has 0 radical (unpaired) electrons. The van der Waals surface area contributed by atoms with Gasteiger partial charge in [0.1, 0.15) is 0 Å². The molecule has 0 unspecified atom stereocenters. The Morgan fingerprint density at radius 1 is 1.35 bits per heavy atom. The van der Waals surface area contributed by atoms with E-state index in [2.05, 4.69) is 15.5 Å². The first kappa shape index (κ1) is 11.4. The molecule has 0 fully saturated rings. The fraction of sp³-hybridized carbons (Fsp3) is 0. The maximum absolute atomic E-state index is 12.7. The Labute approximate surface area is 101 Å². The van der Waals surface area contributed by atoms with Crippen molar-refractivity contribution in [3.05, 3.63) is 52.2 Å². The first-order chi connectivity index (χ1) is 8.25. The molecule has 1 amide bonds. The van der Waals surface area contributed by atoms with E-state index in [-0.39, 0.29) is 4.88 Å². The number of rotatable bonds is 3. The van der Waals surface area contributed by atoms with Crippen LogP contribution in [0.5, 0.6) is 0 Å². The third kappa shape index (κ3) is 3.18. The van der Waals surface area contributed by atoms with E-state index in [0.29, 0.717) is 0 Å². The summed E-state index contributed by atoms with van der Waals surface area (Å²) in [7, 11) is 0. The van der Waals surface area contributed by atoms with Crippen molar-refractivity contribution in [2.24, 2.45) is 5.10 Å².